The van der Waals surface area contributed by atoms with Crippen molar-refractivity contribution in [3.8, 4) is 11.1 Å². The largest absolute Gasteiger partial charge is 0.361 e. The number of fused-ring (bicyclic) bond motifs is 1. The quantitative estimate of drug-likeness (QED) is 0.742. The zero-order valence-corrected chi connectivity index (χ0v) is 11.2. The zero-order chi connectivity index (χ0) is 13.2. The fourth-order valence-corrected chi connectivity index (χ4v) is 2.84. The van der Waals surface area contributed by atoms with Crippen LogP contribution in [0, 0.1) is 0 Å². The van der Waals surface area contributed by atoms with E-state index in [9.17, 15) is 0 Å². The molecule has 96 valence electrons. The van der Waals surface area contributed by atoms with Gasteiger partial charge >= 0.3 is 0 Å². The Morgan fingerprint density at radius 3 is 2.58 bits per heavy atom. The first-order valence-electron chi connectivity index (χ1n) is 6.35. The fraction of sp³-hybridized carbons (Fsp3) is 0.125. The van der Waals surface area contributed by atoms with Crippen molar-refractivity contribution in [2.45, 2.75) is 6.42 Å². The summed E-state index contributed by atoms with van der Waals surface area (Å²) < 4.78 is 0. The van der Waals surface area contributed by atoms with E-state index in [-0.39, 0.29) is 0 Å². The summed E-state index contributed by atoms with van der Waals surface area (Å²) in [6, 6.07) is 14.3. The van der Waals surface area contributed by atoms with E-state index >= 15 is 0 Å². The summed E-state index contributed by atoms with van der Waals surface area (Å²) in [5.41, 5.74) is 10.1. The monoisotopic (exact) mass is 270 g/mol. The van der Waals surface area contributed by atoms with Crippen molar-refractivity contribution in [3.05, 3.63) is 59.2 Å². The highest BCUT2D eigenvalue weighted by molar-refractivity contribution is 6.38. The van der Waals surface area contributed by atoms with Crippen LogP contribution in [0.2, 0.25) is 5.02 Å². The number of hydrogen-bond donors (Lipinski definition) is 2. The molecule has 0 aliphatic rings. The van der Waals surface area contributed by atoms with E-state index in [2.05, 4.69) is 29.2 Å². The predicted octanol–water partition coefficient (Wildman–Crippen LogP) is 3.99. The van der Waals surface area contributed by atoms with Gasteiger partial charge in [-0.3, -0.25) is 0 Å². The normalized spacial score (nSPS) is 11.1. The lowest BCUT2D eigenvalue weighted by molar-refractivity contribution is 0.976. The Morgan fingerprint density at radius 2 is 1.84 bits per heavy atom. The molecule has 1 aromatic heterocycles. The SMILES string of the molecule is NCCc1c[nH]c2ccc(-c3ccccc3)c(Cl)c12. The smallest absolute Gasteiger partial charge is 0.0580 e. The molecule has 0 unspecified atom stereocenters. The van der Waals surface area contributed by atoms with Crippen molar-refractivity contribution in [1.82, 2.24) is 4.98 Å². The molecule has 0 spiro atoms. The standard InChI is InChI=1S/C16H15ClN2/c17-16-13(11-4-2-1-3-5-11)6-7-14-15(16)12(8-9-18)10-19-14/h1-7,10,19H,8-9,18H2. The summed E-state index contributed by atoms with van der Waals surface area (Å²) in [5.74, 6) is 0. The van der Waals surface area contributed by atoms with Gasteiger partial charge in [-0.25, -0.2) is 0 Å². The Morgan fingerprint density at radius 1 is 1.05 bits per heavy atom. The zero-order valence-electron chi connectivity index (χ0n) is 10.5. The average molecular weight is 271 g/mol. The van der Waals surface area contributed by atoms with Crippen molar-refractivity contribution in [1.29, 1.82) is 0 Å². The van der Waals surface area contributed by atoms with Crippen LogP contribution < -0.4 is 5.73 Å². The predicted molar refractivity (Wildman–Crippen MR) is 81.5 cm³/mol. The second kappa shape index (κ2) is 5.08. The number of nitrogens with one attached hydrogen (secondary N) is 1. The van der Waals surface area contributed by atoms with Gasteiger partial charge in [0.1, 0.15) is 0 Å². The van der Waals surface area contributed by atoms with Crippen LogP contribution in [0.5, 0.6) is 0 Å². The van der Waals surface area contributed by atoms with Crippen LogP contribution in [0.1, 0.15) is 5.56 Å². The molecule has 0 saturated carbocycles. The van der Waals surface area contributed by atoms with E-state index in [4.69, 9.17) is 17.3 Å². The number of benzene rings is 2. The Labute approximate surface area is 117 Å². The van der Waals surface area contributed by atoms with E-state index < -0.39 is 0 Å². The molecule has 0 atom stereocenters. The molecule has 0 bridgehead atoms. The molecule has 2 aromatic carbocycles. The van der Waals surface area contributed by atoms with Gasteiger partial charge in [0.2, 0.25) is 0 Å². The first kappa shape index (κ1) is 12.3. The average Bonchev–Trinajstić information content (AvgIpc) is 2.85. The topological polar surface area (TPSA) is 41.8 Å². The number of halogens is 1. The summed E-state index contributed by atoms with van der Waals surface area (Å²) in [7, 11) is 0. The minimum Gasteiger partial charge on any atom is -0.361 e. The first-order valence-corrected chi connectivity index (χ1v) is 6.73. The van der Waals surface area contributed by atoms with Crippen LogP contribution in [0.3, 0.4) is 0 Å². The highest BCUT2D eigenvalue weighted by Gasteiger charge is 2.12. The summed E-state index contributed by atoms with van der Waals surface area (Å²) in [6.45, 7) is 0.624. The highest BCUT2D eigenvalue weighted by atomic mass is 35.5. The van der Waals surface area contributed by atoms with Gasteiger partial charge in [-0.2, -0.15) is 0 Å². The molecule has 3 N–H and O–H groups in total. The van der Waals surface area contributed by atoms with E-state index in [1.54, 1.807) is 0 Å². The summed E-state index contributed by atoms with van der Waals surface area (Å²) in [5, 5.41) is 1.89. The molecule has 0 amide bonds. The van der Waals surface area contributed by atoms with E-state index in [0.717, 1.165) is 33.5 Å². The van der Waals surface area contributed by atoms with Crippen LogP contribution in [-0.2, 0) is 6.42 Å². The Balaban J connectivity index is 2.22. The molecule has 2 nitrogen and oxygen atoms in total. The maximum atomic E-state index is 6.60. The van der Waals surface area contributed by atoms with E-state index in [1.807, 2.05) is 24.4 Å². The third-order valence-electron chi connectivity index (χ3n) is 3.36. The fourth-order valence-electron chi connectivity index (χ4n) is 2.44. The summed E-state index contributed by atoms with van der Waals surface area (Å²) >= 11 is 6.60. The van der Waals surface area contributed by atoms with E-state index in [0.29, 0.717) is 6.54 Å². The molecule has 19 heavy (non-hydrogen) atoms. The molecule has 0 aliphatic heterocycles. The van der Waals surface area contributed by atoms with Crippen molar-refractivity contribution in [3.63, 3.8) is 0 Å². The number of nitrogens with two attached hydrogens (primary N) is 1. The second-order valence-electron chi connectivity index (χ2n) is 4.57. The number of H-pyrrole nitrogens is 1. The van der Waals surface area contributed by atoms with Gasteiger partial charge in [-0.05, 0) is 30.2 Å². The molecule has 3 rings (SSSR count). The van der Waals surface area contributed by atoms with Crippen LogP contribution in [0.15, 0.2) is 48.7 Å². The molecule has 0 aliphatic carbocycles. The number of rotatable bonds is 3. The lowest BCUT2D eigenvalue weighted by atomic mass is 10.0. The van der Waals surface area contributed by atoms with Gasteiger partial charge in [-0.1, -0.05) is 48.0 Å². The molecular weight excluding hydrogens is 256 g/mol. The molecule has 1 heterocycles. The maximum absolute atomic E-state index is 6.60. The summed E-state index contributed by atoms with van der Waals surface area (Å²) in [4.78, 5) is 3.25. The minimum absolute atomic E-state index is 0.624. The van der Waals surface area contributed by atoms with Gasteiger partial charge in [0.05, 0.1) is 5.02 Å². The third kappa shape index (κ3) is 2.14. The molecule has 3 heteroatoms. The van der Waals surface area contributed by atoms with Crippen molar-refractivity contribution < 1.29 is 0 Å². The minimum atomic E-state index is 0.624. The third-order valence-corrected chi connectivity index (χ3v) is 3.76. The van der Waals surface area contributed by atoms with Crippen LogP contribution in [-0.4, -0.2) is 11.5 Å². The number of hydrogen-bond acceptors (Lipinski definition) is 1. The molecular formula is C16H15ClN2. The highest BCUT2D eigenvalue weighted by Crippen LogP contribution is 2.35. The van der Waals surface area contributed by atoms with Gasteiger partial charge in [0.25, 0.3) is 0 Å². The molecule has 3 aromatic rings. The van der Waals surface area contributed by atoms with Gasteiger partial charge in [-0.15, -0.1) is 0 Å². The number of aromatic nitrogens is 1. The number of aromatic amines is 1. The lowest BCUT2D eigenvalue weighted by Crippen LogP contribution is -2.02. The Kier molecular flexibility index (Phi) is 3.28. The van der Waals surface area contributed by atoms with Gasteiger partial charge in [0.15, 0.2) is 0 Å². The van der Waals surface area contributed by atoms with Crippen molar-refractivity contribution in [2.24, 2.45) is 5.73 Å². The molecule has 0 fully saturated rings. The Bertz CT molecular complexity index is 701. The van der Waals surface area contributed by atoms with Crippen LogP contribution in [0.25, 0.3) is 22.0 Å². The summed E-state index contributed by atoms with van der Waals surface area (Å²) in [6.07, 6.45) is 2.83. The Hall–Kier alpha value is -1.77. The molecule has 0 saturated heterocycles. The first-order chi connectivity index (χ1) is 9.31. The van der Waals surface area contributed by atoms with Crippen LogP contribution >= 0.6 is 11.6 Å². The lowest BCUT2D eigenvalue weighted by Gasteiger charge is -2.07. The van der Waals surface area contributed by atoms with Crippen molar-refractivity contribution >= 4 is 22.5 Å². The van der Waals surface area contributed by atoms with Crippen LogP contribution in [0.4, 0.5) is 0 Å². The van der Waals surface area contributed by atoms with E-state index in [1.165, 1.54) is 5.56 Å². The van der Waals surface area contributed by atoms with Crippen molar-refractivity contribution in [2.75, 3.05) is 6.54 Å². The molecule has 0 radical (unpaired) electrons. The maximum Gasteiger partial charge on any atom is 0.0580 e. The van der Waals surface area contributed by atoms with Gasteiger partial charge in [0, 0.05) is 22.7 Å². The van der Waals surface area contributed by atoms with Gasteiger partial charge < -0.3 is 10.7 Å². The second-order valence-corrected chi connectivity index (χ2v) is 4.95.